The third kappa shape index (κ3) is 2.42. The van der Waals surface area contributed by atoms with Crippen LogP contribution < -0.4 is 5.56 Å². The van der Waals surface area contributed by atoms with Crippen LogP contribution in [0.25, 0.3) is 0 Å². The molecule has 0 fully saturated rings. The van der Waals surface area contributed by atoms with Gasteiger partial charge in [-0.05, 0) is 28.4 Å². The summed E-state index contributed by atoms with van der Waals surface area (Å²) in [6, 6.07) is 3.07. The van der Waals surface area contributed by atoms with Crippen LogP contribution in [0.5, 0.6) is 0 Å². The minimum atomic E-state index is -0.120. The van der Waals surface area contributed by atoms with Crippen molar-refractivity contribution in [2.75, 3.05) is 6.61 Å². The molecule has 1 rings (SSSR count). The molecule has 0 aliphatic carbocycles. The van der Waals surface area contributed by atoms with Gasteiger partial charge in [-0.15, -0.1) is 0 Å². The van der Waals surface area contributed by atoms with E-state index in [1.807, 2.05) is 6.92 Å². The SMILES string of the molecule is CCC(CO)n1cc(Br)ccc1=O. The van der Waals surface area contributed by atoms with E-state index in [2.05, 4.69) is 15.9 Å². The highest BCUT2D eigenvalue weighted by molar-refractivity contribution is 9.10. The first-order valence-corrected chi connectivity index (χ1v) is 4.97. The van der Waals surface area contributed by atoms with Gasteiger partial charge in [0.25, 0.3) is 5.56 Å². The van der Waals surface area contributed by atoms with Crippen LogP contribution in [0.2, 0.25) is 0 Å². The molecule has 1 atom stereocenters. The van der Waals surface area contributed by atoms with Crippen molar-refractivity contribution < 1.29 is 5.11 Å². The molecule has 0 amide bonds. The average Bonchev–Trinajstić information content (AvgIpc) is 2.13. The van der Waals surface area contributed by atoms with E-state index >= 15 is 0 Å². The summed E-state index contributed by atoms with van der Waals surface area (Å²) >= 11 is 3.28. The quantitative estimate of drug-likeness (QED) is 0.879. The first kappa shape index (κ1) is 10.5. The minimum Gasteiger partial charge on any atom is -0.394 e. The summed E-state index contributed by atoms with van der Waals surface area (Å²) < 4.78 is 2.39. The Morgan fingerprint density at radius 1 is 1.62 bits per heavy atom. The van der Waals surface area contributed by atoms with Gasteiger partial charge in [0.15, 0.2) is 0 Å². The predicted octanol–water partition coefficient (Wildman–Crippen LogP) is 1.55. The molecular weight excluding hydrogens is 234 g/mol. The molecule has 1 N–H and O–H groups in total. The summed E-state index contributed by atoms with van der Waals surface area (Å²) in [7, 11) is 0. The normalized spacial score (nSPS) is 12.8. The van der Waals surface area contributed by atoms with Gasteiger partial charge >= 0.3 is 0 Å². The Labute approximate surface area is 85.1 Å². The number of nitrogens with zero attached hydrogens (tertiary/aromatic N) is 1. The standard InChI is InChI=1S/C9H12BrNO2/c1-2-8(6-12)11-5-7(10)3-4-9(11)13/h3-5,8,12H,2,6H2,1H3. The molecule has 4 heteroatoms. The molecular formula is C9H12BrNO2. The van der Waals surface area contributed by atoms with Gasteiger partial charge in [-0.2, -0.15) is 0 Å². The summed E-state index contributed by atoms with van der Waals surface area (Å²) in [5, 5.41) is 9.02. The lowest BCUT2D eigenvalue weighted by molar-refractivity contribution is 0.221. The van der Waals surface area contributed by atoms with E-state index in [1.165, 1.54) is 6.07 Å². The molecule has 0 aliphatic heterocycles. The molecule has 13 heavy (non-hydrogen) atoms. The number of hydrogen-bond acceptors (Lipinski definition) is 2. The van der Waals surface area contributed by atoms with Crippen molar-refractivity contribution in [2.45, 2.75) is 19.4 Å². The third-order valence-electron chi connectivity index (χ3n) is 1.98. The van der Waals surface area contributed by atoms with Crippen LogP contribution >= 0.6 is 15.9 Å². The molecule has 0 aromatic carbocycles. The second kappa shape index (κ2) is 4.58. The van der Waals surface area contributed by atoms with E-state index < -0.39 is 0 Å². The second-order valence-electron chi connectivity index (χ2n) is 2.84. The Morgan fingerprint density at radius 2 is 2.31 bits per heavy atom. The molecule has 0 saturated heterocycles. The maximum Gasteiger partial charge on any atom is 0.250 e. The topological polar surface area (TPSA) is 42.2 Å². The molecule has 0 radical (unpaired) electrons. The van der Waals surface area contributed by atoms with Gasteiger partial charge in [0.05, 0.1) is 12.6 Å². The zero-order chi connectivity index (χ0) is 9.84. The molecule has 1 heterocycles. The van der Waals surface area contributed by atoms with Crippen molar-refractivity contribution in [3.05, 3.63) is 33.2 Å². The van der Waals surface area contributed by atoms with Gasteiger partial charge in [-0.25, -0.2) is 0 Å². The third-order valence-corrected chi connectivity index (χ3v) is 2.45. The Kier molecular flexibility index (Phi) is 3.69. The number of aliphatic hydroxyl groups excluding tert-OH is 1. The minimum absolute atomic E-state index is 0.00708. The zero-order valence-corrected chi connectivity index (χ0v) is 8.99. The zero-order valence-electron chi connectivity index (χ0n) is 7.40. The number of aromatic nitrogens is 1. The van der Waals surface area contributed by atoms with E-state index in [1.54, 1.807) is 16.8 Å². The van der Waals surface area contributed by atoms with Crippen molar-refractivity contribution in [1.82, 2.24) is 4.57 Å². The number of rotatable bonds is 3. The first-order valence-electron chi connectivity index (χ1n) is 4.17. The summed E-state index contributed by atoms with van der Waals surface area (Å²) in [5.41, 5.74) is -0.0795. The van der Waals surface area contributed by atoms with E-state index in [4.69, 9.17) is 5.11 Å². The van der Waals surface area contributed by atoms with Gasteiger partial charge in [-0.3, -0.25) is 4.79 Å². The van der Waals surface area contributed by atoms with Crippen LogP contribution in [0.3, 0.4) is 0 Å². The Morgan fingerprint density at radius 3 is 2.85 bits per heavy atom. The molecule has 1 unspecified atom stereocenters. The van der Waals surface area contributed by atoms with Crippen LogP contribution in [0.1, 0.15) is 19.4 Å². The first-order chi connectivity index (χ1) is 6.19. The van der Waals surface area contributed by atoms with E-state index in [9.17, 15) is 4.79 Å². The van der Waals surface area contributed by atoms with Crippen molar-refractivity contribution in [3.63, 3.8) is 0 Å². The molecule has 1 aromatic heterocycles. The fraction of sp³-hybridized carbons (Fsp3) is 0.444. The average molecular weight is 246 g/mol. The van der Waals surface area contributed by atoms with Gasteiger partial charge in [0, 0.05) is 16.7 Å². The van der Waals surface area contributed by atoms with Crippen molar-refractivity contribution >= 4 is 15.9 Å². The van der Waals surface area contributed by atoms with Crippen molar-refractivity contribution in [3.8, 4) is 0 Å². The van der Waals surface area contributed by atoms with E-state index in [0.717, 1.165) is 10.9 Å². The van der Waals surface area contributed by atoms with Gasteiger partial charge in [0.2, 0.25) is 0 Å². The second-order valence-corrected chi connectivity index (χ2v) is 3.75. The smallest absolute Gasteiger partial charge is 0.250 e. The monoisotopic (exact) mass is 245 g/mol. The predicted molar refractivity (Wildman–Crippen MR) is 54.8 cm³/mol. The molecule has 0 saturated carbocycles. The van der Waals surface area contributed by atoms with E-state index in [-0.39, 0.29) is 18.2 Å². The molecule has 0 bridgehead atoms. The van der Waals surface area contributed by atoms with Gasteiger partial charge < -0.3 is 9.67 Å². The highest BCUT2D eigenvalue weighted by Crippen LogP contribution is 2.11. The van der Waals surface area contributed by atoms with Crippen molar-refractivity contribution in [1.29, 1.82) is 0 Å². The van der Waals surface area contributed by atoms with Gasteiger partial charge in [0.1, 0.15) is 0 Å². The summed E-state index contributed by atoms with van der Waals surface area (Å²) in [4.78, 5) is 11.4. The molecule has 1 aromatic rings. The summed E-state index contributed by atoms with van der Waals surface area (Å²) in [6.07, 6.45) is 2.44. The number of pyridine rings is 1. The maximum absolute atomic E-state index is 11.4. The lowest BCUT2D eigenvalue weighted by Gasteiger charge is -2.15. The number of aliphatic hydroxyl groups is 1. The molecule has 3 nitrogen and oxygen atoms in total. The number of halogens is 1. The molecule has 72 valence electrons. The highest BCUT2D eigenvalue weighted by Gasteiger charge is 2.08. The van der Waals surface area contributed by atoms with Crippen LogP contribution in [-0.2, 0) is 0 Å². The Hall–Kier alpha value is -0.610. The van der Waals surface area contributed by atoms with Crippen LogP contribution in [-0.4, -0.2) is 16.3 Å². The lowest BCUT2D eigenvalue weighted by Crippen LogP contribution is -2.25. The van der Waals surface area contributed by atoms with Crippen LogP contribution in [0, 0.1) is 0 Å². The van der Waals surface area contributed by atoms with Gasteiger partial charge in [-0.1, -0.05) is 6.92 Å². The van der Waals surface area contributed by atoms with Crippen molar-refractivity contribution in [2.24, 2.45) is 0 Å². The Bertz CT molecular complexity index is 331. The molecule has 0 spiro atoms. The largest absolute Gasteiger partial charge is 0.394 e. The fourth-order valence-corrected chi connectivity index (χ4v) is 1.53. The van der Waals surface area contributed by atoms with E-state index in [0.29, 0.717) is 0 Å². The van der Waals surface area contributed by atoms with Crippen LogP contribution in [0.15, 0.2) is 27.6 Å². The van der Waals surface area contributed by atoms with Crippen LogP contribution in [0.4, 0.5) is 0 Å². The fourth-order valence-electron chi connectivity index (χ4n) is 1.18. The Balaban J connectivity index is 3.11. The number of hydrogen-bond donors (Lipinski definition) is 1. The lowest BCUT2D eigenvalue weighted by atomic mass is 10.2. The summed E-state index contributed by atoms with van der Waals surface area (Å²) in [5.74, 6) is 0. The summed E-state index contributed by atoms with van der Waals surface area (Å²) in [6.45, 7) is 1.93. The maximum atomic E-state index is 11.4. The highest BCUT2D eigenvalue weighted by atomic mass is 79.9. The molecule has 0 aliphatic rings.